The summed E-state index contributed by atoms with van der Waals surface area (Å²) in [6.07, 6.45) is 2.18. The van der Waals surface area contributed by atoms with Gasteiger partial charge < -0.3 is 10.6 Å². The van der Waals surface area contributed by atoms with Gasteiger partial charge in [0.15, 0.2) is 0 Å². The van der Waals surface area contributed by atoms with E-state index in [1.165, 1.54) is 0 Å². The van der Waals surface area contributed by atoms with Gasteiger partial charge in [-0.05, 0) is 44.0 Å². The first-order valence-corrected chi connectivity index (χ1v) is 6.81. The van der Waals surface area contributed by atoms with Crippen LogP contribution in [-0.4, -0.2) is 25.0 Å². The third-order valence-electron chi connectivity index (χ3n) is 3.39. The molecule has 1 aliphatic rings. The summed E-state index contributed by atoms with van der Waals surface area (Å²) in [5, 5.41) is 7.06. The highest BCUT2D eigenvalue weighted by atomic mass is 35.5. The summed E-state index contributed by atoms with van der Waals surface area (Å²) in [4.78, 5) is 12.1. The van der Waals surface area contributed by atoms with Gasteiger partial charge in [-0.1, -0.05) is 23.7 Å². The molecule has 1 aromatic carbocycles. The molecule has 2 rings (SSSR count). The van der Waals surface area contributed by atoms with E-state index in [0.717, 1.165) is 31.5 Å². The van der Waals surface area contributed by atoms with Crippen molar-refractivity contribution in [3.8, 4) is 0 Å². The number of rotatable bonds is 3. The molecule has 2 unspecified atom stereocenters. The lowest BCUT2D eigenvalue weighted by Crippen LogP contribution is -2.46. The third-order valence-corrected chi connectivity index (χ3v) is 3.62. The molecule has 3 nitrogen and oxygen atoms in total. The van der Waals surface area contributed by atoms with Crippen LogP contribution < -0.4 is 10.6 Å². The minimum Gasteiger partial charge on any atom is -0.352 e. The molecule has 1 aromatic rings. The Bertz CT molecular complexity index is 416. The lowest BCUT2D eigenvalue weighted by molar-refractivity contribution is -0.123. The predicted octanol–water partition coefficient (Wildman–Crippen LogP) is 2.31. The van der Waals surface area contributed by atoms with E-state index < -0.39 is 0 Å². The zero-order chi connectivity index (χ0) is 13.0. The fraction of sp³-hybridized carbons (Fsp3) is 0.500. The van der Waals surface area contributed by atoms with E-state index in [2.05, 4.69) is 10.6 Å². The molecule has 0 bridgehead atoms. The van der Waals surface area contributed by atoms with Crippen LogP contribution >= 0.6 is 11.6 Å². The Morgan fingerprint density at radius 3 is 3.06 bits per heavy atom. The van der Waals surface area contributed by atoms with Gasteiger partial charge in [0.2, 0.25) is 5.91 Å². The fourth-order valence-corrected chi connectivity index (χ4v) is 2.43. The van der Waals surface area contributed by atoms with Gasteiger partial charge in [0.05, 0.1) is 5.92 Å². The number of halogens is 1. The van der Waals surface area contributed by atoms with Crippen LogP contribution in [0.25, 0.3) is 0 Å². The Morgan fingerprint density at radius 2 is 2.39 bits per heavy atom. The topological polar surface area (TPSA) is 41.1 Å². The van der Waals surface area contributed by atoms with Crippen molar-refractivity contribution in [3.63, 3.8) is 0 Å². The lowest BCUT2D eigenvalue weighted by Gasteiger charge is -2.25. The van der Waals surface area contributed by atoms with Crippen LogP contribution in [0, 0.1) is 0 Å². The third kappa shape index (κ3) is 3.47. The molecule has 1 heterocycles. The molecule has 0 spiro atoms. The number of carbonyl (C=O) groups excluding carboxylic acids is 1. The predicted molar refractivity (Wildman–Crippen MR) is 73.9 cm³/mol. The first kappa shape index (κ1) is 13.4. The normalized spacial score (nSPS) is 21.3. The number of hydrogen-bond acceptors (Lipinski definition) is 2. The van der Waals surface area contributed by atoms with Crippen molar-refractivity contribution in [1.82, 2.24) is 10.6 Å². The molecular weight excluding hydrogens is 248 g/mol. The summed E-state index contributed by atoms with van der Waals surface area (Å²) < 4.78 is 0. The zero-order valence-corrected chi connectivity index (χ0v) is 11.3. The Morgan fingerprint density at radius 1 is 1.56 bits per heavy atom. The number of amides is 1. The number of piperidine rings is 1. The van der Waals surface area contributed by atoms with Gasteiger partial charge in [-0.25, -0.2) is 0 Å². The average molecular weight is 267 g/mol. The summed E-state index contributed by atoms with van der Waals surface area (Å²) >= 11 is 5.94. The summed E-state index contributed by atoms with van der Waals surface area (Å²) in [5.41, 5.74) is 0.962. The molecule has 4 heteroatoms. The second-order valence-electron chi connectivity index (χ2n) is 4.83. The molecule has 18 heavy (non-hydrogen) atoms. The Balaban J connectivity index is 1.95. The highest BCUT2D eigenvalue weighted by Crippen LogP contribution is 2.19. The first-order chi connectivity index (χ1) is 8.66. The largest absolute Gasteiger partial charge is 0.352 e. The fourth-order valence-electron chi connectivity index (χ4n) is 2.23. The minimum atomic E-state index is -0.161. The summed E-state index contributed by atoms with van der Waals surface area (Å²) in [5.74, 6) is -0.0865. The molecule has 1 amide bonds. The van der Waals surface area contributed by atoms with Crippen molar-refractivity contribution >= 4 is 17.5 Å². The van der Waals surface area contributed by atoms with Crippen molar-refractivity contribution in [3.05, 3.63) is 34.9 Å². The molecule has 98 valence electrons. The molecule has 0 aliphatic carbocycles. The van der Waals surface area contributed by atoms with Gasteiger partial charge in [-0.3, -0.25) is 4.79 Å². The Kier molecular flexibility index (Phi) is 4.61. The SMILES string of the molecule is CC(C(=O)NC1CCCNC1)c1cccc(Cl)c1. The van der Waals surface area contributed by atoms with E-state index in [-0.39, 0.29) is 17.9 Å². The van der Waals surface area contributed by atoms with E-state index >= 15 is 0 Å². The van der Waals surface area contributed by atoms with Crippen LogP contribution in [0.5, 0.6) is 0 Å². The quantitative estimate of drug-likeness (QED) is 0.882. The minimum absolute atomic E-state index is 0.0750. The average Bonchev–Trinajstić information content (AvgIpc) is 2.39. The maximum Gasteiger partial charge on any atom is 0.227 e. The second kappa shape index (κ2) is 6.21. The molecule has 2 atom stereocenters. The molecule has 0 saturated carbocycles. The van der Waals surface area contributed by atoms with E-state index in [1.54, 1.807) is 0 Å². The maximum absolute atomic E-state index is 12.1. The van der Waals surface area contributed by atoms with Crippen LogP contribution in [0.15, 0.2) is 24.3 Å². The molecule has 1 fully saturated rings. The molecular formula is C14H19ClN2O. The number of benzene rings is 1. The van der Waals surface area contributed by atoms with Crippen LogP contribution in [0.1, 0.15) is 31.2 Å². The van der Waals surface area contributed by atoms with Crippen LogP contribution in [0.4, 0.5) is 0 Å². The molecule has 1 aliphatic heterocycles. The van der Waals surface area contributed by atoms with E-state index in [0.29, 0.717) is 5.02 Å². The van der Waals surface area contributed by atoms with Crippen LogP contribution in [0.3, 0.4) is 0 Å². The second-order valence-corrected chi connectivity index (χ2v) is 5.26. The van der Waals surface area contributed by atoms with Crippen molar-refractivity contribution < 1.29 is 4.79 Å². The number of nitrogens with one attached hydrogen (secondary N) is 2. The monoisotopic (exact) mass is 266 g/mol. The lowest BCUT2D eigenvalue weighted by atomic mass is 9.99. The van der Waals surface area contributed by atoms with Crippen molar-refractivity contribution in [2.24, 2.45) is 0 Å². The zero-order valence-electron chi connectivity index (χ0n) is 10.6. The molecule has 1 saturated heterocycles. The first-order valence-electron chi connectivity index (χ1n) is 6.43. The summed E-state index contributed by atoms with van der Waals surface area (Å²) in [6.45, 7) is 3.83. The van der Waals surface area contributed by atoms with E-state index in [1.807, 2.05) is 31.2 Å². The van der Waals surface area contributed by atoms with Gasteiger partial charge in [0, 0.05) is 17.6 Å². The van der Waals surface area contributed by atoms with Crippen LogP contribution in [-0.2, 0) is 4.79 Å². The van der Waals surface area contributed by atoms with E-state index in [9.17, 15) is 4.79 Å². The maximum atomic E-state index is 12.1. The molecule has 0 aromatic heterocycles. The Hall–Kier alpha value is -1.06. The Labute approximate surface area is 113 Å². The van der Waals surface area contributed by atoms with Crippen LogP contribution in [0.2, 0.25) is 5.02 Å². The van der Waals surface area contributed by atoms with Gasteiger partial charge >= 0.3 is 0 Å². The summed E-state index contributed by atoms with van der Waals surface area (Å²) in [7, 11) is 0. The molecule has 2 N–H and O–H groups in total. The molecule has 0 radical (unpaired) electrons. The number of hydrogen-bond donors (Lipinski definition) is 2. The smallest absolute Gasteiger partial charge is 0.227 e. The van der Waals surface area contributed by atoms with Crippen molar-refractivity contribution in [2.45, 2.75) is 31.7 Å². The van der Waals surface area contributed by atoms with Crippen molar-refractivity contribution in [1.29, 1.82) is 0 Å². The number of carbonyl (C=O) groups is 1. The standard InChI is InChI=1S/C14H19ClN2O/c1-10(11-4-2-5-12(15)8-11)14(18)17-13-6-3-7-16-9-13/h2,4-5,8,10,13,16H,3,6-7,9H2,1H3,(H,17,18). The highest BCUT2D eigenvalue weighted by molar-refractivity contribution is 6.30. The highest BCUT2D eigenvalue weighted by Gasteiger charge is 2.20. The van der Waals surface area contributed by atoms with Gasteiger partial charge in [-0.15, -0.1) is 0 Å². The van der Waals surface area contributed by atoms with Gasteiger partial charge in [0.1, 0.15) is 0 Å². The van der Waals surface area contributed by atoms with E-state index in [4.69, 9.17) is 11.6 Å². The summed E-state index contributed by atoms with van der Waals surface area (Å²) in [6, 6.07) is 7.75. The van der Waals surface area contributed by atoms with Gasteiger partial charge in [0.25, 0.3) is 0 Å². The van der Waals surface area contributed by atoms with Gasteiger partial charge in [-0.2, -0.15) is 0 Å². The van der Waals surface area contributed by atoms with Crippen molar-refractivity contribution in [2.75, 3.05) is 13.1 Å².